The lowest BCUT2D eigenvalue weighted by Crippen LogP contribution is -1.96. The first-order valence-electron chi connectivity index (χ1n) is 4.06. The molecule has 5 nitrogen and oxygen atoms in total. The number of nitrogens with one attached hydrogen (secondary N) is 1. The van der Waals surface area contributed by atoms with Crippen molar-refractivity contribution < 1.29 is 0 Å². The highest BCUT2D eigenvalue weighted by molar-refractivity contribution is 5.88. The lowest BCUT2D eigenvalue weighted by Gasteiger charge is -1.99. The first kappa shape index (κ1) is 7.97. The van der Waals surface area contributed by atoms with E-state index in [1.807, 2.05) is 21.0 Å². The van der Waals surface area contributed by atoms with Gasteiger partial charge in [0.25, 0.3) is 0 Å². The number of anilines is 1. The van der Waals surface area contributed by atoms with Gasteiger partial charge in [-0.05, 0) is 6.92 Å². The van der Waals surface area contributed by atoms with Gasteiger partial charge in [0.1, 0.15) is 12.1 Å². The molecule has 0 spiro atoms. The molecule has 0 radical (unpaired) electrons. The van der Waals surface area contributed by atoms with Crippen molar-refractivity contribution in [1.82, 2.24) is 19.7 Å². The minimum Gasteiger partial charge on any atom is -0.372 e. The van der Waals surface area contributed by atoms with Crippen molar-refractivity contribution in [2.24, 2.45) is 7.05 Å². The van der Waals surface area contributed by atoms with E-state index in [9.17, 15) is 0 Å². The van der Waals surface area contributed by atoms with Crippen LogP contribution < -0.4 is 5.32 Å². The summed E-state index contributed by atoms with van der Waals surface area (Å²) in [5.74, 6) is 0.829. The van der Waals surface area contributed by atoms with E-state index in [4.69, 9.17) is 0 Å². The van der Waals surface area contributed by atoms with E-state index in [2.05, 4.69) is 20.4 Å². The molecule has 2 heterocycles. The van der Waals surface area contributed by atoms with Gasteiger partial charge in [0.05, 0.1) is 11.1 Å². The highest BCUT2D eigenvalue weighted by atomic mass is 15.3. The third-order valence-corrected chi connectivity index (χ3v) is 2.03. The number of fused-ring (bicyclic) bond motifs is 1. The number of hydrogen-bond donors (Lipinski definition) is 1. The zero-order valence-electron chi connectivity index (χ0n) is 7.87. The molecule has 0 unspecified atom stereocenters. The van der Waals surface area contributed by atoms with Crippen LogP contribution in [0.5, 0.6) is 0 Å². The van der Waals surface area contributed by atoms with Crippen molar-refractivity contribution in [2.45, 2.75) is 6.92 Å². The van der Waals surface area contributed by atoms with Crippen LogP contribution in [-0.4, -0.2) is 26.8 Å². The molecule has 0 saturated carbocycles. The summed E-state index contributed by atoms with van der Waals surface area (Å²) in [7, 11) is 3.72. The second kappa shape index (κ2) is 2.69. The molecule has 2 aromatic heterocycles. The van der Waals surface area contributed by atoms with E-state index in [0.29, 0.717) is 0 Å². The minimum atomic E-state index is 0.829. The van der Waals surface area contributed by atoms with Crippen LogP contribution in [0.15, 0.2) is 6.33 Å². The Hall–Kier alpha value is -1.65. The molecular formula is C8H11N5. The fourth-order valence-electron chi connectivity index (χ4n) is 1.47. The molecular weight excluding hydrogens is 166 g/mol. The monoisotopic (exact) mass is 177 g/mol. The fraction of sp³-hybridized carbons (Fsp3) is 0.375. The molecule has 0 amide bonds. The quantitative estimate of drug-likeness (QED) is 0.697. The van der Waals surface area contributed by atoms with Gasteiger partial charge in [-0.1, -0.05) is 0 Å². The van der Waals surface area contributed by atoms with Crippen LogP contribution in [0.1, 0.15) is 5.69 Å². The molecule has 1 N–H and O–H groups in total. The van der Waals surface area contributed by atoms with Gasteiger partial charge in [0, 0.05) is 14.1 Å². The normalized spacial score (nSPS) is 10.7. The fourth-order valence-corrected chi connectivity index (χ4v) is 1.47. The molecule has 0 aromatic carbocycles. The number of hydrogen-bond acceptors (Lipinski definition) is 4. The Morgan fingerprint density at radius 2 is 2.15 bits per heavy atom. The van der Waals surface area contributed by atoms with Crippen molar-refractivity contribution in [3.63, 3.8) is 0 Å². The molecule has 0 fully saturated rings. The molecule has 5 heteroatoms. The van der Waals surface area contributed by atoms with Crippen molar-refractivity contribution in [3.05, 3.63) is 12.0 Å². The zero-order valence-corrected chi connectivity index (χ0v) is 7.87. The Kier molecular flexibility index (Phi) is 1.65. The van der Waals surface area contributed by atoms with Crippen LogP contribution in [0.3, 0.4) is 0 Å². The number of aromatic nitrogens is 4. The summed E-state index contributed by atoms with van der Waals surface area (Å²) in [6.45, 7) is 1.95. The van der Waals surface area contributed by atoms with Crippen molar-refractivity contribution in [2.75, 3.05) is 12.4 Å². The van der Waals surface area contributed by atoms with Gasteiger partial charge in [0.15, 0.2) is 5.65 Å². The van der Waals surface area contributed by atoms with Crippen LogP contribution in [0, 0.1) is 6.92 Å². The van der Waals surface area contributed by atoms with Gasteiger partial charge in [-0.2, -0.15) is 5.10 Å². The summed E-state index contributed by atoms with van der Waals surface area (Å²) in [5.41, 5.74) is 1.80. The summed E-state index contributed by atoms with van der Waals surface area (Å²) >= 11 is 0. The first-order valence-corrected chi connectivity index (χ1v) is 4.06. The molecule has 0 aliphatic heterocycles. The van der Waals surface area contributed by atoms with Crippen molar-refractivity contribution >= 4 is 16.9 Å². The summed E-state index contributed by atoms with van der Waals surface area (Å²) in [6.07, 6.45) is 1.54. The van der Waals surface area contributed by atoms with Crippen molar-refractivity contribution in [3.8, 4) is 0 Å². The maximum absolute atomic E-state index is 4.27. The molecule has 68 valence electrons. The smallest absolute Gasteiger partial charge is 0.163 e. The predicted octanol–water partition coefficient (Wildman–Crippen LogP) is 0.713. The first-order chi connectivity index (χ1) is 6.24. The van der Waals surface area contributed by atoms with E-state index in [-0.39, 0.29) is 0 Å². The standard InChI is InChI=1S/C8H11N5/c1-5-6-7(9-2)10-4-11-8(6)13(3)12-5/h4H,1-3H3,(H,9,10,11). The van der Waals surface area contributed by atoms with E-state index < -0.39 is 0 Å². The van der Waals surface area contributed by atoms with E-state index in [0.717, 1.165) is 22.5 Å². The van der Waals surface area contributed by atoms with Crippen LogP contribution in [0.2, 0.25) is 0 Å². The molecule has 0 bridgehead atoms. The summed E-state index contributed by atoms with van der Waals surface area (Å²) in [5, 5.41) is 8.29. The number of nitrogens with zero attached hydrogens (tertiary/aromatic N) is 4. The topological polar surface area (TPSA) is 55.6 Å². The summed E-state index contributed by atoms with van der Waals surface area (Å²) in [4.78, 5) is 8.28. The van der Waals surface area contributed by atoms with Crippen LogP contribution >= 0.6 is 0 Å². The van der Waals surface area contributed by atoms with Gasteiger partial charge in [-0.3, -0.25) is 4.68 Å². The SMILES string of the molecule is CNc1ncnc2c1c(C)nn2C. The Balaban J connectivity index is 2.88. The second-order valence-electron chi connectivity index (χ2n) is 2.88. The third-order valence-electron chi connectivity index (χ3n) is 2.03. The largest absolute Gasteiger partial charge is 0.372 e. The van der Waals surface area contributed by atoms with Crippen molar-refractivity contribution in [1.29, 1.82) is 0 Å². The van der Waals surface area contributed by atoms with Gasteiger partial charge in [-0.15, -0.1) is 0 Å². The molecule has 0 saturated heterocycles. The molecule has 2 aromatic rings. The molecule has 0 aliphatic rings. The molecule has 0 aliphatic carbocycles. The van der Waals surface area contributed by atoms with Crippen LogP contribution in [-0.2, 0) is 7.05 Å². The lowest BCUT2D eigenvalue weighted by molar-refractivity contribution is 0.773. The molecule has 2 rings (SSSR count). The maximum Gasteiger partial charge on any atom is 0.163 e. The van der Waals surface area contributed by atoms with E-state index >= 15 is 0 Å². The Labute approximate surface area is 75.8 Å². The Bertz CT molecular complexity index is 445. The predicted molar refractivity (Wildman–Crippen MR) is 50.6 cm³/mol. The van der Waals surface area contributed by atoms with Crippen LogP contribution in [0.25, 0.3) is 11.0 Å². The van der Waals surface area contributed by atoms with Gasteiger partial charge in [0.2, 0.25) is 0 Å². The van der Waals surface area contributed by atoms with Gasteiger partial charge < -0.3 is 5.32 Å². The number of rotatable bonds is 1. The van der Waals surface area contributed by atoms with E-state index in [1.54, 1.807) is 4.68 Å². The minimum absolute atomic E-state index is 0.829. The Morgan fingerprint density at radius 1 is 1.38 bits per heavy atom. The molecule has 13 heavy (non-hydrogen) atoms. The third kappa shape index (κ3) is 1.04. The van der Waals surface area contributed by atoms with Gasteiger partial charge in [-0.25, -0.2) is 9.97 Å². The molecule has 0 atom stereocenters. The zero-order chi connectivity index (χ0) is 9.42. The average Bonchev–Trinajstić information content (AvgIpc) is 2.43. The lowest BCUT2D eigenvalue weighted by atomic mass is 10.3. The van der Waals surface area contributed by atoms with Crippen LogP contribution in [0.4, 0.5) is 5.82 Å². The Morgan fingerprint density at radius 3 is 2.85 bits per heavy atom. The summed E-state index contributed by atoms with van der Waals surface area (Å²) < 4.78 is 1.76. The second-order valence-corrected chi connectivity index (χ2v) is 2.88. The summed E-state index contributed by atoms with van der Waals surface area (Å²) in [6, 6.07) is 0. The average molecular weight is 177 g/mol. The highest BCUT2D eigenvalue weighted by Crippen LogP contribution is 2.20. The van der Waals surface area contributed by atoms with E-state index in [1.165, 1.54) is 6.33 Å². The maximum atomic E-state index is 4.27. The van der Waals surface area contributed by atoms with Gasteiger partial charge >= 0.3 is 0 Å². The highest BCUT2D eigenvalue weighted by Gasteiger charge is 2.09. The number of aryl methyl sites for hydroxylation is 2.